The molecule has 1 aromatic carbocycles. The van der Waals surface area contributed by atoms with Crippen LogP contribution < -0.4 is 5.32 Å². The smallest absolute Gasteiger partial charge is 0.265 e. The number of fused-ring (bicyclic) bond motifs is 1. The van der Waals surface area contributed by atoms with Crippen LogP contribution in [0.1, 0.15) is 23.0 Å². The first-order valence-corrected chi connectivity index (χ1v) is 9.35. The Balaban J connectivity index is 1.67. The van der Waals surface area contributed by atoms with Crippen LogP contribution in [0.2, 0.25) is 0 Å². The number of hydrogen-bond donors (Lipinski definition) is 1. The summed E-state index contributed by atoms with van der Waals surface area (Å²) in [5.41, 5.74) is 2.84. The molecule has 3 aromatic heterocycles. The second kappa shape index (κ2) is 7.09. The number of nitrogens with zero attached hydrogens (tertiary/aromatic N) is 3. The summed E-state index contributed by atoms with van der Waals surface area (Å²) in [5.74, 6) is 0.798. The fourth-order valence-electron chi connectivity index (χ4n) is 2.92. The molecule has 0 atom stereocenters. The number of benzene rings is 1. The summed E-state index contributed by atoms with van der Waals surface area (Å²) in [6.07, 6.45) is 4.33. The number of para-hydroxylation sites is 2. The molecular weight excluding hydrogens is 344 g/mol. The number of anilines is 1. The number of pyridine rings is 1. The Labute approximate surface area is 155 Å². The molecule has 0 aliphatic rings. The molecule has 0 bridgehead atoms. The number of carbonyl (C=O) groups excluding carboxylic acids is 1. The molecule has 5 nitrogen and oxygen atoms in total. The van der Waals surface area contributed by atoms with Crippen LogP contribution in [0.5, 0.6) is 0 Å². The third kappa shape index (κ3) is 3.11. The molecule has 0 fully saturated rings. The molecule has 4 rings (SSSR count). The molecule has 26 heavy (non-hydrogen) atoms. The Morgan fingerprint density at radius 2 is 1.92 bits per heavy atom. The maximum absolute atomic E-state index is 12.5. The lowest BCUT2D eigenvalue weighted by molar-refractivity contribution is 0.103. The Bertz CT molecular complexity index is 1050. The van der Waals surface area contributed by atoms with Gasteiger partial charge in [-0.1, -0.05) is 19.1 Å². The third-order valence-corrected chi connectivity index (χ3v) is 5.17. The van der Waals surface area contributed by atoms with Crippen molar-refractivity contribution in [3.8, 4) is 10.7 Å². The predicted octanol–water partition coefficient (Wildman–Crippen LogP) is 4.82. The Hall–Kier alpha value is -2.99. The molecule has 3 heterocycles. The maximum atomic E-state index is 12.5. The summed E-state index contributed by atoms with van der Waals surface area (Å²) < 4.78 is 2.23. The van der Waals surface area contributed by atoms with Crippen LogP contribution >= 0.6 is 11.3 Å². The van der Waals surface area contributed by atoms with Crippen molar-refractivity contribution in [3.05, 3.63) is 65.8 Å². The number of rotatable bonds is 5. The van der Waals surface area contributed by atoms with E-state index < -0.39 is 0 Å². The molecule has 0 saturated carbocycles. The van der Waals surface area contributed by atoms with E-state index in [0.29, 0.717) is 4.88 Å². The van der Waals surface area contributed by atoms with Crippen LogP contribution in [-0.4, -0.2) is 20.4 Å². The SMILES string of the molecule is CCCn1c(-c2ccc(C(=O)Nc3ccncc3)s2)nc2ccccc21. The van der Waals surface area contributed by atoms with Crippen molar-refractivity contribution >= 4 is 34.0 Å². The molecule has 4 aromatic rings. The first-order chi connectivity index (χ1) is 12.8. The van der Waals surface area contributed by atoms with Gasteiger partial charge in [-0.2, -0.15) is 0 Å². The molecule has 0 aliphatic carbocycles. The lowest BCUT2D eigenvalue weighted by Crippen LogP contribution is -2.09. The molecule has 6 heteroatoms. The zero-order valence-corrected chi connectivity index (χ0v) is 15.2. The van der Waals surface area contributed by atoms with E-state index >= 15 is 0 Å². The molecule has 0 unspecified atom stereocenters. The largest absolute Gasteiger partial charge is 0.323 e. The van der Waals surface area contributed by atoms with E-state index in [9.17, 15) is 4.79 Å². The number of nitrogens with one attached hydrogen (secondary N) is 1. The topological polar surface area (TPSA) is 59.8 Å². The number of carbonyl (C=O) groups is 1. The molecule has 1 N–H and O–H groups in total. The second-order valence-electron chi connectivity index (χ2n) is 5.93. The van der Waals surface area contributed by atoms with Crippen molar-refractivity contribution in [1.82, 2.24) is 14.5 Å². The van der Waals surface area contributed by atoms with Gasteiger partial charge in [0.1, 0.15) is 0 Å². The Morgan fingerprint density at radius 1 is 1.12 bits per heavy atom. The number of hydrogen-bond acceptors (Lipinski definition) is 4. The number of imidazole rings is 1. The van der Waals surface area contributed by atoms with Crippen LogP contribution in [0, 0.1) is 0 Å². The van der Waals surface area contributed by atoms with Crippen molar-refractivity contribution in [2.24, 2.45) is 0 Å². The van der Waals surface area contributed by atoms with Crippen LogP contribution in [0.4, 0.5) is 5.69 Å². The predicted molar refractivity (Wildman–Crippen MR) is 106 cm³/mol. The van der Waals surface area contributed by atoms with Crippen molar-refractivity contribution in [2.75, 3.05) is 5.32 Å². The van der Waals surface area contributed by atoms with E-state index in [4.69, 9.17) is 4.98 Å². The van der Waals surface area contributed by atoms with Gasteiger partial charge in [0.05, 0.1) is 20.8 Å². The van der Waals surface area contributed by atoms with Crippen molar-refractivity contribution in [1.29, 1.82) is 0 Å². The highest BCUT2D eigenvalue weighted by molar-refractivity contribution is 7.17. The number of aryl methyl sites for hydroxylation is 1. The monoisotopic (exact) mass is 362 g/mol. The molecular formula is C20H18N4OS. The van der Waals surface area contributed by atoms with Gasteiger partial charge in [0.25, 0.3) is 5.91 Å². The summed E-state index contributed by atoms with van der Waals surface area (Å²) in [5, 5.41) is 2.89. The lowest BCUT2D eigenvalue weighted by atomic mass is 10.3. The van der Waals surface area contributed by atoms with E-state index in [0.717, 1.165) is 40.4 Å². The first kappa shape index (κ1) is 16.5. The second-order valence-corrected chi connectivity index (χ2v) is 7.01. The fraction of sp³-hybridized carbons (Fsp3) is 0.150. The molecule has 1 amide bonds. The highest BCUT2D eigenvalue weighted by Crippen LogP contribution is 2.31. The summed E-state index contributed by atoms with van der Waals surface area (Å²) in [6, 6.07) is 15.5. The molecule has 0 spiro atoms. The van der Waals surface area contributed by atoms with Crippen LogP contribution in [0.25, 0.3) is 21.7 Å². The van der Waals surface area contributed by atoms with E-state index in [2.05, 4.69) is 27.9 Å². The van der Waals surface area contributed by atoms with Crippen molar-refractivity contribution < 1.29 is 4.79 Å². The average Bonchev–Trinajstić information content (AvgIpc) is 3.28. The minimum Gasteiger partial charge on any atom is -0.323 e. The zero-order chi connectivity index (χ0) is 17.9. The van der Waals surface area contributed by atoms with Gasteiger partial charge in [0, 0.05) is 24.6 Å². The van der Waals surface area contributed by atoms with Crippen LogP contribution in [0.15, 0.2) is 60.9 Å². The van der Waals surface area contributed by atoms with Gasteiger partial charge in [-0.25, -0.2) is 4.98 Å². The number of amides is 1. The van der Waals surface area contributed by atoms with Crippen molar-refractivity contribution in [3.63, 3.8) is 0 Å². The Kier molecular flexibility index (Phi) is 4.50. The highest BCUT2D eigenvalue weighted by Gasteiger charge is 2.16. The summed E-state index contributed by atoms with van der Waals surface area (Å²) >= 11 is 1.46. The lowest BCUT2D eigenvalue weighted by Gasteiger charge is -2.06. The maximum Gasteiger partial charge on any atom is 0.265 e. The summed E-state index contributed by atoms with van der Waals surface area (Å²) in [4.78, 5) is 22.9. The normalized spacial score (nSPS) is 11.0. The summed E-state index contributed by atoms with van der Waals surface area (Å²) in [7, 11) is 0. The molecule has 130 valence electrons. The number of thiophene rings is 1. The highest BCUT2D eigenvalue weighted by atomic mass is 32.1. The minimum atomic E-state index is -0.120. The van der Waals surface area contributed by atoms with Gasteiger partial charge in [-0.05, 0) is 42.8 Å². The Morgan fingerprint density at radius 3 is 2.73 bits per heavy atom. The minimum absolute atomic E-state index is 0.120. The summed E-state index contributed by atoms with van der Waals surface area (Å²) in [6.45, 7) is 3.05. The fourth-order valence-corrected chi connectivity index (χ4v) is 3.82. The van der Waals surface area contributed by atoms with Gasteiger partial charge >= 0.3 is 0 Å². The van der Waals surface area contributed by atoms with E-state index in [1.54, 1.807) is 24.5 Å². The quantitative estimate of drug-likeness (QED) is 0.553. The first-order valence-electron chi connectivity index (χ1n) is 8.53. The van der Waals surface area contributed by atoms with Gasteiger partial charge in [0.15, 0.2) is 5.82 Å². The van der Waals surface area contributed by atoms with E-state index in [-0.39, 0.29) is 5.91 Å². The van der Waals surface area contributed by atoms with Crippen LogP contribution in [0.3, 0.4) is 0 Å². The third-order valence-electron chi connectivity index (χ3n) is 4.09. The van der Waals surface area contributed by atoms with E-state index in [1.165, 1.54) is 11.3 Å². The standard InChI is InChI=1S/C20H18N4OS/c1-2-13-24-16-6-4-3-5-15(16)23-19(24)17-7-8-18(26-17)20(25)22-14-9-11-21-12-10-14/h3-12H,2,13H2,1H3,(H,21,22,25). The van der Waals surface area contributed by atoms with Gasteiger partial charge < -0.3 is 9.88 Å². The van der Waals surface area contributed by atoms with Gasteiger partial charge in [-0.15, -0.1) is 11.3 Å². The molecule has 0 radical (unpaired) electrons. The average molecular weight is 362 g/mol. The van der Waals surface area contributed by atoms with Crippen molar-refractivity contribution in [2.45, 2.75) is 19.9 Å². The van der Waals surface area contributed by atoms with Gasteiger partial charge in [-0.3, -0.25) is 9.78 Å². The molecule has 0 saturated heterocycles. The zero-order valence-electron chi connectivity index (χ0n) is 14.3. The molecule has 0 aliphatic heterocycles. The number of aromatic nitrogens is 3. The van der Waals surface area contributed by atoms with Crippen LogP contribution in [-0.2, 0) is 6.54 Å². The van der Waals surface area contributed by atoms with Gasteiger partial charge in [0.2, 0.25) is 0 Å². The van der Waals surface area contributed by atoms with E-state index in [1.807, 2.05) is 30.3 Å².